The van der Waals surface area contributed by atoms with E-state index < -0.39 is 6.10 Å². The van der Waals surface area contributed by atoms with Gasteiger partial charge in [0.1, 0.15) is 5.75 Å². The summed E-state index contributed by atoms with van der Waals surface area (Å²) in [5.41, 5.74) is 0.778. The van der Waals surface area contributed by atoms with Gasteiger partial charge in [-0.3, -0.25) is 19.3 Å². The van der Waals surface area contributed by atoms with Crippen LogP contribution in [0.5, 0.6) is 5.75 Å². The number of nitrogens with one attached hydrogen (secondary N) is 1. The minimum absolute atomic E-state index is 0.0897. The summed E-state index contributed by atoms with van der Waals surface area (Å²) < 4.78 is 5.55. The minimum Gasteiger partial charge on any atom is -0.481 e. The Bertz CT molecular complexity index is 931. The molecular weight excluding hydrogens is 412 g/mol. The number of carbonyl (C=O) groups excluding carboxylic acids is 3. The highest BCUT2D eigenvalue weighted by molar-refractivity contribution is 8.18. The summed E-state index contributed by atoms with van der Waals surface area (Å²) in [5.74, 6) is -0.108. The molecule has 0 aliphatic carbocycles. The molecule has 3 amide bonds. The first kappa shape index (κ1) is 21.0. The molecule has 0 bridgehead atoms. The number of amides is 3. The molecule has 150 valence electrons. The van der Waals surface area contributed by atoms with Gasteiger partial charge in [0, 0.05) is 18.1 Å². The molecular formula is C21H19ClN2O4S. The normalized spacial score (nSPS) is 16.2. The van der Waals surface area contributed by atoms with E-state index in [1.807, 2.05) is 18.2 Å². The highest BCUT2D eigenvalue weighted by Crippen LogP contribution is 2.32. The second kappa shape index (κ2) is 9.62. The third kappa shape index (κ3) is 5.62. The quantitative estimate of drug-likeness (QED) is 0.673. The Balaban J connectivity index is 1.51. The molecule has 1 saturated heterocycles. The summed E-state index contributed by atoms with van der Waals surface area (Å²) >= 11 is 6.73. The van der Waals surface area contributed by atoms with Gasteiger partial charge in [-0.2, -0.15) is 0 Å². The molecule has 0 aromatic heterocycles. The number of hydrogen-bond donors (Lipinski definition) is 1. The van der Waals surface area contributed by atoms with Crippen LogP contribution < -0.4 is 10.1 Å². The van der Waals surface area contributed by atoms with Crippen molar-refractivity contribution in [3.8, 4) is 5.75 Å². The predicted molar refractivity (Wildman–Crippen MR) is 114 cm³/mol. The zero-order valence-corrected chi connectivity index (χ0v) is 17.2. The number of para-hydroxylation sites is 1. The molecule has 0 radical (unpaired) electrons. The van der Waals surface area contributed by atoms with E-state index in [0.29, 0.717) is 15.7 Å². The van der Waals surface area contributed by atoms with Crippen LogP contribution in [0, 0.1) is 0 Å². The van der Waals surface area contributed by atoms with Gasteiger partial charge in [0.15, 0.2) is 6.10 Å². The molecule has 0 spiro atoms. The second-order valence-electron chi connectivity index (χ2n) is 6.25. The van der Waals surface area contributed by atoms with E-state index in [1.54, 1.807) is 49.4 Å². The van der Waals surface area contributed by atoms with E-state index in [-0.39, 0.29) is 30.1 Å². The molecule has 1 N–H and O–H groups in total. The number of halogens is 1. The SMILES string of the molecule is C[C@@H](Oc1ccccc1)C(=O)NCCN1C(=O)S/C(=C/c2ccc(Cl)cc2)C1=O. The fourth-order valence-electron chi connectivity index (χ4n) is 2.59. The van der Waals surface area contributed by atoms with Crippen LogP contribution >= 0.6 is 23.4 Å². The smallest absolute Gasteiger partial charge is 0.293 e. The third-order valence-corrected chi connectivity index (χ3v) is 5.26. The van der Waals surface area contributed by atoms with E-state index >= 15 is 0 Å². The molecule has 2 aromatic carbocycles. The Kier molecular flexibility index (Phi) is 6.95. The molecule has 1 heterocycles. The van der Waals surface area contributed by atoms with E-state index in [4.69, 9.17) is 16.3 Å². The van der Waals surface area contributed by atoms with E-state index in [0.717, 1.165) is 22.2 Å². The molecule has 2 aromatic rings. The van der Waals surface area contributed by atoms with Crippen LogP contribution in [-0.2, 0) is 9.59 Å². The van der Waals surface area contributed by atoms with Gasteiger partial charge in [-0.05, 0) is 54.6 Å². The topological polar surface area (TPSA) is 75.7 Å². The van der Waals surface area contributed by atoms with Crippen LogP contribution in [0.1, 0.15) is 12.5 Å². The van der Waals surface area contributed by atoms with Gasteiger partial charge in [0.2, 0.25) is 0 Å². The lowest BCUT2D eigenvalue weighted by Gasteiger charge is -2.16. The Morgan fingerprint density at radius 2 is 1.86 bits per heavy atom. The first-order valence-electron chi connectivity index (χ1n) is 8.94. The first-order valence-corrected chi connectivity index (χ1v) is 10.1. The van der Waals surface area contributed by atoms with Crippen LogP contribution in [0.25, 0.3) is 6.08 Å². The van der Waals surface area contributed by atoms with Crippen molar-refractivity contribution >= 4 is 46.5 Å². The van der Waals surface area contributed by atoms with Crippen molar-refractivity contribution in [2.75, 3.05) is 13.1 Å². The van der Waals surface area contributed by atoms with E-state index in [1.165, 1.54) is 0 Å². The molecule has 1 aliphatic rings. The number of thioether (sulfide) groups is 1. The zero-order chi connectivity index (χ0) is 20.8. The summed E-state index contributed by atoms with van der Waals surface area (Å²) in [6.07, 6.45) is 0.951. The number of nitrogens with zero attached hydrogens (tertiary/aromatic N) is 1. The maximum atomic E-state index is 12.5. The lowest BCUT2D eigenvalue weighted by atomic mass is 10.2. The van der Waals surface area contributed by atoms with Gasteiger partial charge in [-0.15, -0.1) is 0 Å². The molecule has 1 fully saturated rings. The minimum atomic E-state index is -0.697. The Morgan fingerprint density at radius 3 is 2.55 bits per heavy atom. The highest BCUT2D eigenvalue weighted by Gasteiger charge is 2.34. The Morgan fingerprint density at radius 1 is 1.17 bits per heavy atom. The zero-order valence-electron chi connectivity index (χ0n) is 15.6. The number of benzene rings is 2. The van der Waals surface area contributed by atoms with Crippen LogP contribution in [0.2, 0.25) is 5.02 Å². The molecule has 3 rings (SSSR count). The first-order chi connectivity index (χ1) is 13.9. The molecule has 0 saturated carbocycles. The number of imide groups is 1. The Labute approximate surface area is 177 Å². The van der Waals surface area contributed by atoms with Gasteiger partial charge in [0.05, 0.1) is 4.91 Å². The van der Waals surface area contributed by atoms with Gasteiger partial charge in [-0.25, -0.2) is 0 Å². The average molecular weight is 431 g/mol. The maximum Gasteiger partial charge on any atom is 0.293 e. The van der Waals surface area contributed by atoms with Crippen LogP contribution in [-0.4, -0.2) is 41.1 Å². The number of hydrogen-bond acceptors (Lipinski definition) is 5. The maximum absolute atomic E-state index is 12.5. The number of ether oxygens (including phenoxy) is 1. The van der Waals surface area contributed by atoms with Gasteiger partial charge in [-0.1, -0.05) is 41.9 Å². The molecule has 1 atom stereocenters. The molecule has 29 heavy (non-hydrogen) atoms. The van der Waals surface area contributed by atoms with Crippen molar-refractivity contribution in [1.82, 2.24) is 10.2 Å². The largest absolute Gasteiger partial charge is 0.481 e. The monoisotopic (exact) mass is 430 g/mol. The highest BCUT2D eigenvalue weighted by atomic mass is 35.5. The lowest BCUT2D eigenvalue weighted by Crippen LogP contribution is -2.41. The van der Waals surface area contributed by atoms with E-state index in [2.05, 4.69) is 5.32 Å². The van der Waals surface area contributed by atoms with Gasteiger partial charge >= 0.3 is 0 Å². The summed E-state index contributed by atoms with van der Waals surface area (Å²) in [4.78, 5) is 38.3. The summed E-state index contributed by atoms with van der Waals surface area (Å²) in [6.45, 7) is 1.87. The Hall–Kier alpha value is -2.77. The van der Waals surface area contributed by atoms with Crippen molar-refractivity contribution < 1.29 is 19.1 Å². The number of carbonyl (C=O) groups is 3. The van der Waals surface area contributed by atoms with Crippen LogP contribution in [0.3, 0.4) is 0 Å². The van der Waals surface area contributed by atoms with Gasteiger partial charge in [0.25, 0.3) is 17.1 Å². The second-order valence-corrected chi connectivity index (χ2v) is 7.68. The standard InChI is InChI=1S/C21H19ClN2O4S/c1-14(28-17-5-3-2-4-6-17)19(25)23-11-12-24-20(26)18(29-21(24)27)13-15-7-9-16(22)10-8-15/h2-10,13-14H,11-12H2,1H3,(H,23,25)/b18-13+/t14-/m1/s1. The molecule has 8 heteroatoms. The molecule has 0 unspecified atom stereocenters. The van der Waals surface area contributed by atoms with Crippen molar-refractivity contribution in [1.29, 1.82) is 0 Å². The summed E-state index contributed by atoms with van der Waals surface area (Å²) in [5, 5.41) is 2.92. The average Bonchev–Trinajstić information content (AvgIpc) is 2.97. The van der Waals surface area contributed by atoms with Crippen molar-refractivity contribution in [2.24, 2.45) is 0 Å². The molecule has 1 aliphatic heterocycles. The summed E-state index contributed by atoms with van der Waals surface area (Å²) in [6, 6.07) is 16.0. The lowest BCUT2D eigenvalue weighted by molar-refractivity contribution is -0.128. The van der Waals surface area contributed by atoms with Gasteiger partial charge < -0.3 is 10.1 Å². The van der Waals surface area contributed by atoms with E-state index in [9.17, 15) is 14.4 Å². The van der Waals surface area contributed by atoms with Crippen molar-refractivity contribution in [3.63, 3.8) is 0 Å². The fraction of sp³-hybridized carbons (Fsp3) is 0.190. The van der Waals surface area contributed by atoms with Crippen molar-refractivity contribution in [3.05, 3.63) is 70.1 Å². The van der Waals surface area contributed by atoms with Crippen molar-refractivity contribution in [2.45, 2.75) is 13.0 Å². The molecule has 6 nitrogen and oxygen atoms in total. The summed E-state index contributed by atoms with van der Waals surface area (Å²) in [7, 11) is 0. The number of rotatable bonds is 7. The van der Waals surface area contributed by atoms with Crippen LogP contribution in [0.15, 0.2) is 59.5 Å². The predicted octanol–water partition coefficient (Wildman–Crippen LogP) is 3.96. The third-order valence-electron chi connectivity index (χ3n) is 4.10. The van der Waals surface area contributed by atoms with Crippen LogP contribution in [0.4, 0.5) is 4.79 Å². The fourth-order valence-corrected chi connectivity index (χ4v) is 3.59.